The Morgan fingerprint density at radius 2 is 1.86 bits per heavy atom. The number of carbonyl (C=O) groups excluding carboxylic acids is 2. The van der Waals surface area contributed by atoms with Crippen molar-refractivity contribution < 1.29 is 9.59 Å². The normalized spacial score (nSPS) is 14.8. The van der Waals surface area contributed by atoms with Gasteiger partial charge in [0.1, 0.15) is 5.69 Å². The number of aromatic nitrogens is 1. The smallest absolute Gasteiger partial charge is 0.272 e. The van der Waals surface area contributed by atoms with Gasteiger partial charge in [-0.25, -0.2) is 0 Å². The molecular formula is C24H31N3O2. The van der Waals surface area contributed by atoms with Crippen molar-refractivity contribution in [1.29, 1.82) is 0 Å². The monoisotopic (exact) mass is 393 g/mol. The molecule has 29 heavy (non-hydrogen) atoms. The Morgan fingerprint density at radius 1 is 1.14 bits per heavy atom. The van der Waals surface area contributed by atoms with Gasteiger partial charge in [-0.2, -0.15) is 0 Å². The van der Waals surface area contributed by atoms with Crippen molar-refractivity contribution in [2.75, 3.05) is 19.6 Å². The van der Waals surface area contributed by atoms with Crippen molar-refractivity contribution >= 4 is 11.8 Å². The first-order chi connectivity index (χ1) is 14.0. The molecule has 5 nitrogen and oxygen atoms in total. The van der Waals surface area contributed by atoms with Gasteiger partial charge in [-0.15, -0.1) is 0 Å². The molecule has 1 aromatic heterocycles. The highest BCUT2D eigenvalue weighted by Gasteiger charge is 2.25. The van der Waals surface area contributed by atoms with Crippen LogP contribution in [0.1, 0.15) is 59.5 Å². The van der Waals surface area contributed by atoms with Crippen LogP contribution in [-0.2, 0) is 6.42 Å². The molecule has 2 amide bonds. The summed E-state index contributed by atoms with van der Waals surface area (Å²) in [5.74, 6) is 0.908. The van der Waals surface area contributed by atoms with Gasteiger partial charge in [0.2, 0.25) is 0 Å². The molecule has 0 aliphatic carbocycles. The number of likely N-dealkylation sites (tertiary alicyclic amines) is 1. The average molecular weight is 394 g/mol. The Hall–Kier alpha value is -2.69. The summed E-state index contributed by atoms with van der Waals surface area (Å²) in [7, 11) is 0. The molecule has 0 spiro atoms. The molecule has 0 saturated carbocycles. The van der Waals surface area contributed by atoms with Gasteiger partial charge < -0.3 is 10.2 Å². The number of hydrogen-bond acceptors (Lipinski definition) is 3. The number of benzene rings is 1. The summed E-state index contributed by atoms with van der Waals surface area (Å²) in [5.41, 5.74) is 2.20. The van der Waals surface area contributed by atoms with E-state index in [4.69, 9.17) is 0 Å². The number of nitrogens with one attached hydrogen (secondary N) is 1. The highest BCUT2D eigenvalue weighted by atomic mass is 16.2. The van der Waals surface area contributed by atoms with Gasteiger partial charge in [0, 0.05) is 31.4 Å². The molecule has 0 atom stereocenters. The van der Waals surface area contributed by atoms with Gasteiger partial charge in [0.25, 0.3) is 11.8 Å². The zero-order chi connectivity index (χ0) is 20.6. The number of rotatable bonds is 7. The van der Waals surface area contributed by atoms with Crippen LogP contribution in [0.5, 0.6) is 0 Å². The molecule has 1 saturated heterocycles. The standard InChI is InChI=1S/C24H31N3O2/c1-18(2)8-12-26-23(28)21-9-13-25-22(17-21)24(29)27-14-10-20(11-15-27)16-19-6-4-3-5-7-19/h3-7,9,13,17-18,20H,8,10-12,14-16H2,1-2H3,(H,26,28). The van der Waals surface area contributed by atoms with Crippen LogP contribution in [0.4, 0.5) is 0 Å². The number of pyridine rings is 1. The Bertz CT molecular complexity index is 812. The summed E-state index contributed by atoms with van der Waals surface area (Å²) < 4.78 is 0. The van der Waals surface area contributed by atoms with Gasteiger partial charge in [0.15, 0.2) is 0 Å². The van der Waals surface area contributed by atoms with Crippen LogP contribution in [0.25, 0.3) is 0 Å². The first kappa shape index (κ1) is 21.0. The summed E-state index contributed by atoms with van der Waals surface area (Å²) in [6.45, 7) is 6.36. The van der Waals surface area contributed by atoms with Crippen molar-refractivity contribution in [1.82, 2.24) is 15.2 Å². The largest absolute Gasteiger partial charge is 0.352 e. The van der Waals surface area contributed by atoms with E-state index < -0.39 is 0 Å². The fourth-order valence-corrected chi connectivity index (χ4v) is 3.71. The second-order valence-corrected chi connectivity index (χ2v) is 8.29. The van der Waals surface area contributed by atoms with Gasteiger partial charge in [-0.1, -0.05) is 44.2 Å². The SMILES string of the molecule is CC(C)CCNC(=O)c1ccnc(C(=O)N2CCC(Cc3ccccc3)CC2)c1. The Morgan fingerprint density at radius 3 is 2.55 bits per heavy atom. The maximum atomic E-state index is 12.9. The molecule has 1 aromatic carbocycles. The van der Waals surface area contributed by atoms with E-state index >= 15 is 0 Å². The number of carbonyl (C=O) groups is 2. The summed E-state index contributed by atoms with van der Waals surface area (Å²) in [6.07, 6.45) is 5.53. The zero-order valence-corrected chi connectivity index (χ0v) is 17.4. The van der Waals surface area contributed by atoms with Crippen molar-refractivity contribution in [3.63, 3.8) is 0 Å². The highest BCUT2D eigenvalue weighted by molar-refractivity contribution is 5.98. The molecular weight excluding hydrogens is 362 g/mol. The molecule has 2 aromatic rings. The van der Waals surface area contributed by atoms with E-state index in [1.165, 1.54) is 5.56 Å². The number of amides is 2. The Labute approximate surface area is 173 Å². The Kier molecular flexibility index (Phi) is 7.39. The molecule has 0 unspecified atom stereocenters. The molecule has 0 bridgehead atoms. The van der Waals surface area contributed by atoms with Gasteiger partial charge >= 0.3 is 0 Å². The molecule has 1 aliphatic heterocycles. The fourth-order valence-electron chi connectivity index (χ4n) is 3.71. The van der Waals surface area contributed by atoms with Crippen LogP contribution in [0.2, 0.25) is 0 Å². The van der Waals surface area contributed by atoms with Crippen LogP contribution in [0.3, 0.4) is 0 Å². The average Bonchev–Trinajstić information content (AvgIpc) is 2.74. The third-order valence-electron chi connectivity index (χ3n) is 5.52. The number of hydrogen-bond donors (Lipinski definition) is 1. The van der Waals surface area contributed by atoms with E-state index in [1.54, 1.807) is 18.3 Å². The summed E-state index contributed by atoms with van der Waals surface area (Å²) in [5, 5.41) is 2.91. The summed E-state index contributed by atoms with van der Waals surface area (Å²) in [6, 6.07) is 13.8. The van der Waals surface area contributed by atoms with E-state index in [-0.39, 0.29) is 11.8 Å². The van der Waals surface area contributed by atoms with Crippen molar-refractivity contribution in [3.05, 3.63) is 65.5 Å². The first-order valence-electron chi connectivity index (χ1n) is 10.6. The lowest BCUT2D eigenvalue weighted by Crippen LogP contribution is -2.39. The molecule has 1 aliphatic rings. The lowest BCUT2D eigenvalue weighted by Gasteiger charge is -2.32. The maximum Gasteiger partial charge on any atom is 0.272 e. The van der Waals surface area contributed by atoms with Crippen molar-refractivity contribution in [3.8, 4) is 0 Å². The third kappa shape index (κ3) is 6.14. The predicted octanol–water partition coefficient (Wildman–Crippen LogP) is 3.95. The molecule has 1 fully saturated rings. The molecule has 154 valence electrons. The second kappa shape index (κ2) is 10.2. The molecule has 1 N–H and O–H groups in total. The highest BCUT2D eigenvalue weighted by Crippen LogP contribution is 2.22. The molecule has 0 radical (unpaired) electrons. The Balaban J connectivity index is 1.53. The molecule has 5 heteroatoms. The minimum absolute atomic E-state index is 0.0833. The van der Waals surface area contributed by atoms with E-state index in [9.17, 15) is 9.59 Å². The van der Waals surface area contributed by atoms with Gasteiger partial charge in [0.05, 0.1) is 0 Å². The number of nitrogens with zero attached hydrogens (tertiary/aromatic N) is 2. The molecule has 3 rings (SSSR count). The minimum atomic E-state index is -0.149. The first-order valence-corrected chi connectivity index (χ1v) is 10.6. The van der Waals surface area contributed by atoms with E-state index in [1.807, 2.05) is 11.0 Å². The fraction of sp³-hybridized carbons (Fsp3) is 0.458. The maximum absolute atomic E-state index is 12.9. The van der Waals surface area contributed by atoms with Gasteiger partial charge in [-0.05, 0) is 55.2 Å². The lowest BCUT2D eigenvalue weighted by atomic mass is 9.90. The third-order valence-corrected chi connectivity index (χ3v) is 5.52. The van der Waals surface area contributed by atoms with Crippen molar-refractivity contribution in [2.45, 2.75) is 39.5 Å². The number of piperidine rings is 1. The topological polar surface area (TPSA) is 62.3 Å². The van der Waals surface area contributed by atoms with E-state index in [0.717, 1.165) is 38.8 Å². The zero-order valence-electron chi connectivity index (χ0n) is 17.4. The van der Waals surface area contributed by atoms with Crippen molar-refractivity contribution in [2.24, 2.45) is 11.8 Å². The van der Waals surface area contributed by atoms with E-state index in [2.05, 4.69) is 48.4 Å². The second-order valence-electron chi connectivity index (χ2n) is 8.29. The van der Waals surface area contributed by atoms with E-state index in [0.29, 0.717) is 29.6 Å². The van der Waals surface area contributed by atoms with Gasteiger partial charge in [-0.3, -0.25) is 14.6 Å². The summed E-state index contributed by atoms with van der Waals surface area (Å²) >= 11 is 0. The molecule has 2 heterocycles. The van der Waals surface area contributed by atoms with Crippen LogP contribution in [0, 0.1) is 11.8 Å². The van der Waals surface area contributed by atoms with Crippen LogP contribution in [0.15, 0.2) is 48.7 Å². The predicted molar refractivity (Wildman–Crippen MR) is 115 cm³/mol. The van der Waals surface area contributed by atoms with Crippen LogP contribution in [-0.4, -0.2) is 41.3 Å². The minimum Gasteiger partial charge on any atom is -0.352 e. The summed E-state index contributed by atoms with van der Waals surface area (Å²) in [4.78, 5) is 31.3. The lowest BCUT2D eigenvalue weighted by molar-refractivity contribution is 0.0684. The van der Waals surface area contributed by atoms with Crippen LogP contribution < -0.4 is 5.32 Å². The quantitative estimate of drug-likeness (QED) is 0.775. The van der Waals surface area contributed by atoms with Crippen LogP contribution >= 0.6 is 0 Å².